The van der Waals surface area contributed by atoms with Gasteiger partial charge < -0.3 is 14.2 Å². The lowest BCUT2D eigenvalue weighted by Gasteiger charge is -2.13. The van der Waals surface area contributed by atoms with Crippen LogP contribution in [-0.2, 0) is 9.53 Å². The van der Waals surface area contributed by atoms with E-state index in [2.05, 4.69) is 0 Å². The number of cyclic esters (lactones) is 1. The van der Waals surface area contributed by atoms with Crippen LogP contribution in [0.1, 0.15) is 12.0 Å². The maximum atomic E-state index is 11.3. The lowest BCUT2D eigenvalue weighted by atomic mass is 10.2. The number of nitriles is 1. The first-order chi connectivity index (χ1) is 8.24. The summed E-state index contributed by atoms with van der Waals surface area (Å²) in [6.45, 7) is 0.377. The molecule has 1 atom stereocenters. The number of methoxy groups -OCH3 is 1. The molecule has 0 saturated carbocycles. The number of nitrogens with zero attached hydrogens (tertiary/aromatic N) is 1. The van der Waals surface area contributed by atoms with E-state index in [4.69, 9.17) is 19.5 Å². The summed E-state index contributed by atoms with van der Waals surface area (Å²) in [5, 5.41) is 8.75. The SMILES string of the molecule is COc1cc(C#N)ccc1OC1CCOC1=O. The fourth-order valence-electron chi connectivity index (χ4n) is 1.57. The lowest BCUT2D eigenvalue weighted by Crippen LogP contribution is -2.21. The van der Waals surface area contributed by atoms with E-state index in [1.54, 1.807) is 18.2 Å². The van der Waals surface area contributed by atoms with Gasteiger partial charge in [-0.1, -0.05) is 0 Å². The summed E-state index contributed by atoms with van der Waals surface area (Å²) in [5.74, 6) is 0.510. The van der Waals surface area contributed by atoms with Crippen molar-refractivity contribution in [2.24, 2.45) is 0 Å². The summed E-state index contributed by atoms with van der Waals surface area (Å²) in [6.07, 6.45) is -0.0565. The number of hydrogen-bond acceptors (Lipinski definition) is 5. The zero-order valence-electron chi connectivity index (χ0n) is 9.30. The van der Waals surface area contributed by atoms with Gasteiger partial charge in [-0.2, -0.15) is 5.26 Å². The van der Waals surface area contributed by atoms with Crippen molar-refractivity contribution in [1.29, 1.82) is 5.26 Å². The average Bonchev–Trinajstić information content (AvgIpc) is 2.75. The fourth-order valence-corrected chi connectivity index (χ4v) is 1.57. The lowest BCUT2D eigenvalue weighted by molar-refractivity contribution is -0.143. The minimum atomic E-state index is -0.586. The van der Waals surface area contributed by atoms with Crippen molar-refractivity contribution >= 4 is 5.97 Å². The summed E-state index contributed by atoms with van der Waals surface area (Å²) in [5.41, 5.74) is 0.475. The molecule has 0 aliphatic carbocycles. The van der Waals surface area contributed by atoms with Crippen LogP contribution < -0.4 is 9.47 Å². The van der Waals surface area contributed by atoms with Crippen LogP contribution >= 0.6 is 0 Å². The molecule has 17 heavy (non-hydrogen) atoms. The van der Waals surface area contributed by atoms with Gasteiger partial charge in [-0.3, -0.25) is 0 Å². The molecular weight excluding hydrogens is 222 g/mol. The highest BCUT2D eigenvalue weighted by molar-refractivity contribution is 5.77. The molecule has 0 N–H and O–H groups in total. The van der Waals surface area contributed by atoms with E-state index in [9.17, 15) is 4.79 Å². The molecule has 1 aliphatic rings. The van der Waals surface area contributed by atoms with Crippen LogP contribution in [0.25, 0.3) is 0 Å². The summed E-state index contributed by atoms with van der Waals surface area (Å²) in [7, 11) is 1.48. The summed E-state index contributed by atoms with van der Waals surface area (Å²) in [6, 6.07) is 6.79. The molecule has 0 radical (unpaired) electrons. The Morgan fingerprint density at radius 1 is 1.47 bits per heavy atom. The van der Waals surface area contributed by atoms with E-state index in [-0.39, 0.29) is 5.97 Å². The maximum absolute atomic E-state index is 11.3. The Kier molecular flexibility index (Phi) is 3.15. The number of carbonyl (C=O) groups is 1. The van der Waals surface area contributed by atoms with Crippen LogP contribution in [0.2, 0.25) is 0 Å². The third kappa shape index (κ3) is 2.31. The number of rotatable bonds is 3. The van der Waals surface area contributed by atoms with Crippen molar-refractivity contribution in [2.75, 3.05) is 13.7 Å². The Bertz CT molecular complexity index is 478. The second-order valence-electron chi connectivity index (χ2n) is 3.54. The predicted octanol–water partition coefficient (Wildman–Crippen LogP) is 1.26. The van der Waals surface area contributed by atoms with Crippen LogP contribution in [0.3, 0.4) is 0 Å². The first kappa shape index (κ1) is 11.3. The highest BCUT2D eigenvalue weighted by atomic mass is 16.6. The Labute approximate surface area is 98.5 Å². The van der Waals surface area contributed by atoms with Gasteiger partial charge in [0.05, 0.1) is 25.3 Å². The van der Waals surface area contributed by atoms with Crippen LogP contribution in [0.15, 0.2) is 18.2 Å². The molecule has 5 heteroatoms. The molecule has 1 saturated heterocycles. The molecule has 1 aliphatic heterocycles. The van der Waals surface area contributed by atoms with Crippen molar-refractivity contribution in [3.05, 3.63) is 23.8 Å². The van der Waals surface area contributed by atoms with Crippen molar-refractivity contribution < 1.29 is 19.0 Å². The number of hydrogen-bond donors (Lipinski definition) is 0. The van der Waals surface area contributed by atoms with Gasteiger partial charge in [-0.15, -0.1) is 0 Å². The molecule has 1 aromatic carbocycles. The summed E-state index contributed by atoms with van der Waals surface area (Å²) < 4.78 is 15.4. The predicted molar refractivity (Wildman–Crippen MR) is 57.7 cm³/mol. The normalized spacial score (nSPS) is 18.4. The molecule has 2 rings (SSSR count). The topological polar surface area (TPSA) is 68.6 Å². The molecule has 1 aromatic rings. The second kappa shape index (κ2) is 4.74. The molecule has 1 fully saturated rings. The first-order valence-electron chi connectivity index (χ1n) is 5.16. The second-order valence-corrected chi connectivity index (χ2v) is 3.54. The largest absolute Gasteiger partial charge is 0.493 e. The smallest absolute Gasteiger partial charge is 0.347 e. The first-order valence-corrected chi connectivity index (χ1v) is 5.16. The number of carbonyl (C=O) groups excluding carboxylic acids is 1. The molecule has 0 aromatic heterocycles. The Hall–Kier alpha value is -2.22. The zero-order chi connectivity index (χ0) is 12.3. The van der Waals surface area contributed by atoms with Crippen LogP contribution in [0.5, 0.6) is 11.5 Å². The number of ether oxygens (including phenoxy) is 3. The molecule has 1 heterocycles. The molecule has 0 amide bonds. The number of esters is 1. The summed E-state index contributed by atoms with van der Waals surface area (Å²) in [4.78, 5) is 11.3. The molecule has 0 bridgehead atoms. The number of benzene rings is 1. The Morgan fingerprint density at radius 3 is 2.88 bits per heavy atom. The van der Waals surface area contributed by atoms with E-state index in [1.165, 1.54) is 7.11 Å². The van der Waals surface area contributed by atoms with Crippen molar-refractivity contribution in [2.45, 2.75) is 12.5 Å². The highest BCUT2D eigenvalue weighted by Gasteiger charge is 2.29. The minimum absolute atomic E-state index is 0.364. The molecule has 0 spiro atoms. The molecular formula is C12H11NO4. The van der Waals surface area contributed by atoms with Gasteiger partial charge in [-0.05, 0) is 12.1 Å². The van der Waals surface area contributed by atoms with E-state index in [0.29, 0.717) is 30.1 Å². The van der Waals surface area contributed by atoms with E-state index >= 15 is 0 Å². The van der Waals surface area contributed by atoms with E-state index in [0.717, 1.165) is 0 Å². The Balaban J connectivity index is 2.20. The van der Waals surface area contributed by atoms with Crippen molar-refractivity contribution in [3.8, 4) is 17.6 Å². The van der Waals surface area contributed by atoms with Crippen LogP contribution in [-0.4, -0.2) is 25.8 Å². The highest BCUT2D eigenvalue weighted by Crippen LogP contribution is 2.30. The summed E-state index contributed by atoms with van der Waals surface area (Å²) >= 11 is 0. The van der Waals surface area contributed by atoms with Gasteiger partial charge in [0, 0.05) is 12.5 Å². The average molecular weight is 233 g/mol. The van der Waals surface area contributed by atoms with Gasteiger partial charge in [0.15, 0.2) is 17.6 Å². The van der Waals surface area contributed by atoms with E-state index < -0.39 is 6.10 Å². The molecule has 88 valence electrons. The van der Waals surface area contributed by atoms with Gasteiger partial charge >= 0.3 is 5.97 Å². The molecule has 1 unspecified atom stereocenters. The van der Waals surface area contributed by atoms with Gasteiger partial charge in [-0.25, -0.2) is 4.79 Å². The quantitative estimate of drug-likeness (QED) is 0.735. The fraction of sp³-hybridized carbons (Fsp3) is 0.333. The van der Waals surface area contributed by atoms with Crippen molar-refractivity contribution in [3.63, 3.8) is 0 Å². The maximum Gasteiger partial charge on any atom is 0.347 e. The zero-order valence-corrected chi connectivity index (χ0v) is 9.30. The van der Waals surface area contributed by atoms with Crippen LogP contribution in [0.4, 0.5) is 0 Å². The van der Waals surface area contributed by atoms with E-state index in [1.807, 2.05) is 6.07 Å². The van der Waals surface area contributed by atoms with Gasteiger partial charge in [0.25, 0.3) is 0 Å². The third-order valence-corrected chi connectivity index (χ3v) is 2.45. The van der Waals surface area contributed by atoms with Gasteiger partial charge in [0.1, 0.15) is 0 Å². The van der Waals surface area contributed by atoms with Crippen LogP contribution in [0, 0.1) is 11.3 Å². The Morgan fingerprint density at radius 2 is 2.29 bits per heavy atom. The molecule has 5 nitrogen and oxygen atoms in total. The van der Waals surface area contributed by atoms with Gasteiger partial charge in [0.2, 0.25) is 0 Å². The standard InChI is InChI=1S/C12H11NO4/c1-15-11-6-8(7-13)2-3-9(11)17-10-4-5-16-12(10)14/h2-3,6,10H,4-5H2,1H3. The van der Waals surface area contributed by atoms with Crippen molar-refractivity contribution in [1.82, 2.24) is 0 Å². The minimum Gasteiger partial charge on any atom is -0.493 e. The monoisotopic (exact) mass is 233 g/mol. The third-order valence-electron chi connectivity index (χ3n) is 2.45.